The van der Waals surface area contributed by atoms with Crippen molar-refractivity contribution in [1.82, 2.24) is 14.9 Å². The predicted octanol–water partition coefficient (Wildman–Crippen LogP) is 1.63. The quantitative estimate of drug-likeness (QED) is 0.858. The molecule has 1 unspecified atom stereocenters. The Kier molecular flexibility index (Phi) is 4.16. The zero-order valence-corrected chi connectivity index (χ0v) is 13.5. The van der Waals surface area contributed by atoms with Gasteiger partial charge < -0.3 is 15.4 Å². The number of fused-ring (bicyclic) bond motifs is 1. The maximum Gasteiger partial charge on any atom is 0.328 e. The Hall–Kier alpha value is -2.96. The van der Waals surface area contributed by atoms with Gasteiger partial charge in [0, 0.05) is 30.1 Å². The van der Waals surface area contributed by atoms with Gasteiger partial charge in [0.05, 0.1) is 7.11 Å². The summed E-state index contributed by atoms with van der Waals surface area (Å²) in [6, 6.07) is 5.03. The number of hydrogen-bond acceptors (Lipinski definition) is 6. The van der Waals surface area contributed by atoms with Gasteiger partial charge >= 0.3 is 5.97 Å². The minimum absolute atomic E-state index is 0.166. The molecule has 0 aliphatic carbocycles. The maximum absolute atomic E-state index is 12.7. The summed E-state index contributed by atoms with van der Waals surface area (Å²) in [6.07, 6.45) is 3.74. The van der Waals surface area contributed by atoms with Gasteiger partial charge in [-0.15, -0.1) is 0 Å². The van der Waals surface area contributed by atoms with Crippen LogP contribution in [0.1, 0.15) is 29.3 Å². The number of nitrogen functional groups attached to an aromatic ring is 1. The lowest BCUT2D eigenvalue weighted by Crippen LogP contribution is -2.41. The van der Waals surface area contributed by atoms with Gasteiger partial charge in [0.1, 0.15) is 6.04 Å². The summed E-state index contributed by atoms with van der Waals surface area (Å²) >= 11 is 0. The van der Waals surface area contributed by atoms with Crippen LogP contribution < -0.4 is 5.73 Å². The van der Waals surface area contributed by atoms with Crippen LogP contribution >= 0.6 is 0 Å². The van der Waals surface area contributed by atoms with Gasteiger partial charge in [-0.3, -0.25) is 4.79 Å². The van der Waals surface area contributed by atoms with Crippen LogP contribution in [0.2, 0.25) is 0 Å². The molecule has 24 heavy (non-hydrogen) atoms. The molecule has 0 radical (unpaired) electrons. The van der Waals surface area contributed by atoms with Crippen LogP contribution in [0.15, 0.2) is 30.6 Å². The fraction of sp³-hybridized carbons (Fsp3) is 0.294. The van der Waals surface area contributed by atoms with Gasteiger partial charge in [-0.2, -0.15) is 0 Å². The largest absolute Gasteiger partial charge is 0.467 e. The first-order valence-corrected chi connectivity index (χ1v) is 7.64. The van der Waals surface area contributed by atoms with E-state index in [1.807, 2.05) is 19.1 Å². The number of esters is 1. The van der Waals surface area contributed by atoms with Crippen molar-refractivity contribution in [2.45, 2.75) is 25.9 Å². The van der Waals surface area contributed by atoms with E-state index in [4.69, 9.17) is 10.5 Å². The molecule has 0 saturated carbocycles. The fourth-order valence-electron chi connectivity index (χ4n) is 2.89. The van der Waals surface area contributed by atoms with E-state index in [1.54, 1.807) is 23.4 Å². The molecule has 3 rings (SSSR count). The summed E-state index contributed by atoms with van der Waals surface area (Å²) < 4.78 is 4.81. The highest BCUT2D eigenvalue weighted by molar-refractivity contribution is 6.01. The first-order valence-electron chi connectivity index (χ1n) is 7.64. The average molecular weight is 326 g/mol. The smallest absolute Gasteiger partial charge is 0.328 e. The highest BCUT2D eigenvalue weighted by Crippen LogP contribution is 2.30. The zero-order chi connectivity index (χ0) is 17.3. The maximum atomic E-state index is 12.7. The van der Waals surface area contributed by atoms with Crippen LogP contribution in [0, 0.1) is 0 Å². The van der Waals surface area contributed by atoms with Crippen molar-refractivity contribution in [1.29, 1.82) is 0 Å². The summed E-state index contributed by atoms with van der Waals surface area (Å²) in [7, 11) is 1.33. The topological polar surface area (TPSA) is 98.4 Å². The molecular weight excluding hydrogens is 308 g/mol. The lowest BCUT2D eigenvalue weighted by molar-refractivity contribution is -0.146. The van der Waals surface area contributed by atoms with E-state index in [2.05, 4.69) is 9.97 Å². The molecular formula is C17H18N4O3. The number of rotatable bonds is 4. The molecule has 2 N–H and O–H groups in total. The number of methoxy groups -OCH3 is 1. The van der Waals surface area contributed by atoms with Crippen molar-refractivity contribution in [3.63, 3.8) is 0 Å². The number of nitrogens with zero attached hydrogens (tertiary/aromatic N) is 3. The molecule has 1 aromatic heterocycles. The molecule has 1 aliphatic heterocycles. The number of ether oxygens (including phenoxy) is 1. The molecule has 2 aromatic rings. The molecule has 1 aromatic carbocycles. The van der Waals surface area contributed by atoms with Crippen LogP contribution in [-0.2, 0) is 16.1 Å². The van der Waals surface area contributed by atoms with E-state index >= 15 is 0 Å². The number of amides is 1. The molecule has 1 atom stereocenters. The van der Waals surface area contributed by atoms with E-state index in [0.29, 0.717) is 18.5 Å². The Morgan fingerprint density at radius 3 is 2.67 bits per heavy atom. The van der Waals surface area contributed by atoms with E-state index in [-0.39, 0.29) is 11.9 Å². The Bertz CT molecular complexity index is 789. The number of carbonyl (C=O) groups is 2. The number of benzene rings is 1. The van der Waals surface area contributed by atoms with Crippen LogP contribution in [0.5, 0.6) is 0 Å². The number of carbonyl (C=O) groups excluding carboxylic acids is 2. The predicted molar refractivity (Wildman–Crippen MR) is 87.8 cm³/mol. The van der Waals surface area contributed by atoms with Gasteiger partial charge in [0.2, 0.25) is 5.95 Å². The van der Waals surface area contributed by atoms with Crippen molar-refractivity contribution in [3.05, 3.63) is 41.7 Å². The van der Waals surface area contributed by atoms with E-state index in [9.17, 15) is 9.59 Å². The fourth-order valence-corrected chi connectivity index (χ4v) is 2.89. The van der Waals surface area contributed by atoms with Crippen molar-refractivity contribution in [2.75, 3.05) is 12.8 Å². The first kappa shape index (κ1) is 15.9. The van der Waals surface area contributed by atoms with Crippen molar-refractivity contribution < 1.29 is 14.3 Å². The van der Waals surface area contributed by atoms with Crippen LogP contribution in [-0.4, -0.2) is 39.9 Å². The van der Waals surface area contributed by atoms with E-state index < -0.39 is 12.0 Å². The molecule has 0 saturated heterocycles. The monoisotopic (exact) mass is 326 g/mol. The standard InChI is InChI=1S/C17H18N4O3/c1-3-14(16(23)24-2)21-9-11-5-4-10(6-13(11)15(21)22)12-7-19-17(18)20-8-12/h4-8,14H,3,9H2,1-2H3,(H2,18,19,20). The molecule has 2 heterocycles. The summed E-state index contributed by atoms with van der Waals surface area (Å²) in [6.45, 7) is 2.26. The number of nitrogens with two attached hydrogens (primary N) is 1. The van der Waals surface area contributed by atoms with Crippen molar-refractivity contribution >= 4 is 17.8 Å². The SMILES string of the molecule is CCC(C(=O)OC)N1Cc2ccc(-c3cnc(N)nc3)cc2C1=O. The second kappa shape index (κ2) is 6.27. The summed E-state index contributed by atoms with van der Waals surface area (Å²) in [5, 5.41) is 0. The molecule has 1 aliphatic rings. The molecule has 7 nitrogen and oxygen atoms in total. The number of anilines is 1. The lowest BCUT2D eigenvalue weighted by Gasteiger charge is -2.24. The minimum atomic E-state index is -0.571. The van der Waals surface area contributed by atoms with Gasteiger partial charge in [-0.1, -0.05) is 19.1 Å². The molecule has 7 heteroatoms. The average Bonchev–Trinajstić information content (AvgIpc) is 2.92. The molecule has 0 spiro atoms. The highest BCUT2D eigenvalue weighted by Gasteiger charge is 2.36. The third kappa shape index (κ3) is 2.68. The van der Waals surface area contributed by atoms with Gasteiger partial charge in [-0.05, 0) is 23.6 Å². The second-order valence-electron chi connectivity index (χ2n) is 5.58. The van der Waals surface area contributed by atoms with Gasteiger partial charge in [0.15, 0.2) is 0 Å². The third-order valence-corrected chi connectivity index (χ3v) is 4.18. The van der Waals surface area contributed by atoms with E-state index in [0.717, 1.165) is 16.7 Å². The van der Waals surface area contributed by atoms with Crippen LogP contribution in [0.25, 0.3) is 11.1 Å². The molecule has 1 amide bonds. The Balaban J connectivity index is 1.92. The van der Waals surface area contributed by atoms with Crippen LogP contribution in [0.3, 0.4) is 0 Å². The Labute approximate surface area is 139 Å². The summed E-state index contributed by atoms with van der Waals surface area (Å²) in [5.74, 6) is -0.364. The Morgan fingerprint density at radius 2 is 2.04 bits per heavy atom. The summed E-state index contributed by atoms with van der Waals surface area (Å²) in [4.78, 5) is 34.1. The highest BCUT2D eigenvalue weighted by atomic mass is 16.5. The van der Waals surface area contributed by atoms with Crippen molar-refractivity contribution in [2.24, 2.45) is 0 Å². The second-order valence-corrected chi connectivity index (χ2v) is 5.58. The van der Waals surface area contributed by atoms with Gasteiger partial charge in [0.25, 0.3) is 5.91 Å². The molecule has 0 bridgehead atoms. The van der Waals surface area contributed by atoms with Crippen molar-refractivity contribution in [3.8, 4) is 11.1 Å². The van der Waals surface area contributed by atoms with Gasteiger partial charge in [-0.25, -0.2) is 14.8 Å². The number of hydrogen-bond donors (Lipinski definition) is 1. The first-order chi connectivity index (χ1) is 11.5. The minimum Gasteiger partial charge on any atom is -0.467 e. The normalized spacial score (nSPS) is 14.4. The van der Waals surface area contributed by atoms with E-state index in [1.165, 1.54) is 7.11 Å². The zero-order valence-electron chi connectivity index (χ0n) is 13.5. The summed E-state index contributed by atoms with van der Waals surface area (Å²) in [5.41, 5.74) is 8.58. The lowest BCUT2D eigenvalue weighted by atomic mass is 10.0. The number of aromatic nitrogens is 2. The molecule has 124 valence electrons. The molecule has 0 fully saturated rings. The third-order valence-electron chi connectivity index (χ3n) is 4.18. The Morgan fingerprint density at radius 1 is 1.33 bits per heavy atom. The van der Waals surface area contributed by atoms with Crippen LogP contribution in [0.4, 0.5) is 5.95 Å².